The average molecular weight is 205 g/mol. The molecule has 1 aromatic rings. The quantitative estimate of drug-likeness (QED) is 0.515. The van der Waals surface area contributed by atoms with Gasteiger partial charge in [-0.2, -0.15) is 0 Å². The summed E-state index contributed by atoms with van der Waals surface area (Å²) >= 11 is 4.79. The highest BCUT2D eigenvalue weighted by Crippen LogP contribution is 2.06. The Morgan fingerprint density at radius 3 is 2.57 bits per heavy atom. The number of carbonyl (C=O) groups is 1. The fourth-order valence-electron chi connectivity index (χ4n) is 1.11. The van der Waals surface area contributed by atoms with Gasteiger partial charge in [-0.25, -0.2) is 0 Å². The minimum atomic E-state index is -0.202. The van der Waals surface area contributed by atoms with Crippen LogP contribution in [0.1, 0.15) is 5.56 Å². The molecule has 1 aliphatic heterocycles. The summed E-state index contributed by atoms with van der Waals surface area (Å²) in [6.45, 7) is 0. The molecule has 70 valence electrons. The number of pyridine rings is 1. The van der Waals surface area contributed by atoms with E-state index in [0.29, 0.717) is 10.8 Å². The minimum Gasteiger partial charge on any atom is -0.328 e. The van der Waals surface area contributed by atoms with Gasteiger partial charge >= 0.3 is 0 Å². The van der Waals surface area contributed by atoms with Crippen LogP contribution in [0.2, 0.25) is 0 Å². The van der Waals surface area contributed by atoms with Crippen LogP contribution in [0.5, 0.6) is 0 Å². The van der Waals surface area contributed by atoms with Crippen molar-refractivity contribution in [1.82, 2.24) is 15.6 Å². The third kappa shape index (κ3) is 1.77. The number of hydrogen-bond donors (Lipinski definition) is 2. The van der Waals surface area contributed by atoms with Gasteiger partial charge in [0.2, 0.25) is 0 Å². The van der Waals surface area contributed by atoms with Crippen LogP contribution in [0, 0.1) is 0 Å². The predicted molar refractivity (Wildman–Crippen MR) is 56.1 cm³/mol. The molecule has 0 aliphatic carbocycles. The normalized spacial score (nSPS) is 18.1. The largest absolute Gasteiger partial charge is 0.328 e. The molecule has 14 heavy (non-hydrogen) atoms. The maximum Gasteiger partial charge on any atom is 0.273 e. The molecule has 1 aromatic heterocycles. The summed E-state index contributed by atoms with van der Waals surface area (Å²) in [4.78, 5) is 15.1. The molecule has 2 heterocycles. The standard InChI is InChI=1S/C9H7N3OS/c13-8-7(11-9(14)12-8)5-6-1-3-10-4-2-6/h1-5H,(H2,11,12,13,14)/b7-5+. The van der Waals surface area contributed by atoms with Crippen LogP contribution < -0.4 is 10.6 Å². The molecular weight excluding hydrogens is 198 g/mol. The van der Waals surface area contributed by atoms with Crippen molar-refractivity contribution in [2.75, 3.05) is 0 Å². The smallest absolute Gasteiger partial charge is 0.273 e. The first-order valence-corrected chi connectivity index (χ1v) is 4.40. The first kappa shape index (κ1) is 8.83. The molecule has 2 rings (SSSR count). The third-order valence-electron chi connectivity index (χ3n) is 1.74. The summed E-state index contributed by atoms with van der Waals surface area (Å²) < 4.78 is 0. The van der Waals surface area contributed by atoms with Gasteiger partial charge in [-0.05, 0) is 36.0 Å². The highest BCUT2D eigenvalue weighted by Gasteiger charge is 2.19. The zero-order valence-corrected chi connectivity index (χ0v) is 7.97. The highest BCUT2D eigenvalue weighted by atomic mass is 32.1. The Bertz CT molecular complexity index is 413. The van der Waals surface area contributed by atoms with Crippen molar-refractivity contribution in [2.45, 2.75) is 0 Å². The van der Waals surface area contributed by atoms with E-state index < -0.39 is 0 Å². The van der Waals surface area contributed by atoms with Crippen molar-refractivity contribution in [2.24, 2.45) is 0 Å². The molecule has 0 saturated carbocycles. The summed E-state index contributed by atoms with van der Waals surface area (Å²) in [6.07, 6.45) is 5.05. The SMILES string of the molecule is O=C1NC(=S)N/C1=C/c1ccncc1. The summed E-state index contributed by atoms with van der Waals surface area (Å²) in [5.74, 6) is -0.202. The van der Waals surface area contributed by atoms with E-state index in [2.05, 4.69) is 15.6 Å². The van der Waals surface area contributed by atoms with E-state index in [1.54, 1.807) is 18.5 Å². The Hall–Kier alpha value is -1.75. The van der Waals surface area contributed by atoms with E-state index >= 15 is 0 Å². The van der Waals surface area contributed by atoms with Crippen LogP contribution in [-0.2, 0) is 4.79 Å². The van der Waals surface area contributed by atoms with E-state index in [1.165, 1.54) is 0 Å². The van der Waals surface area contributed by atoms with Gasteiger partial charge < -0.3 is 5.32 Å². The number of aromatic nitrogens is 1. The molecule has 0 bridgehead atoms. The summed E-state index contributed by atoms with van der Waals surface area (Å²) in [7, 11) is 0. The molecule has 0 aromatic carbocycles. The van der Waals surface area contributed by atoms with Crippen LogP contribution in [0.4, 0.5) is 0 Å². The van der Waals surface area contributed by atoms with Gasteiger partial charge in [0, 0.05) is 12.4 Å². The van der Waals surface area contributed by atoms with Crippen molar-refractivity contribution >= 4 is 29.3 Å². The number of nitrogens with one attached hydrogen (secondary N) is 2. The monoisotopic (exact) mass is 205 g/mol. The van der Waals surface area contributed by atoms with Crippen molar-refractivity contribution in [3.8, 4) is 0 Å². The minimum absolute atomic E-state index is 0.202. The number of nitrogens with zero attached hydrogens (tertiary/aromatic N) is 1. The van der Waals surface area contributed by atoms with E-state index in [4.69, 9.17) is 12.2 Å². The summed E-state index contributed by atoms with van der Waals surface area (Å²) in [5.41, 5.74) is 1.36. The number of thiocarbonyl (C=S) groups is 1. The van der Waals surface area contributed by atoms with Crippen molar-refractivity contribution < 1.29 is 4.79 Å². The summed E-state index contributed by atoms with van der Waals surface area (Å²) in [6, 6.07) is 3.62. The maximum absolute atomic E-state index is 11.2. The van der Waals surface area contributed by atoms with Crippen LogP contribution in [-0.4, -0.2) is 16.0 Å². The molecular formula is C9H7N3OS. The lowest BCUT2D eigenvalue weighted by Crippen LogP contribution is -2.21. The zero-order chi connectivity index (χ0) is 9.97. The lowest BCUT2D eigenvalue weighted by molar-refractivity contribution is -0.115. The van der Waals surface area contributed by atoms with Crippen molar-refractivity contribution in [3.63, 3.8) is 0 Å². The van der Waals surface area contributed by atoms with Crippen molar-refractivity contribution in [1.29, 1.82) is 0 Å². The Labute approximate surface area is 86.0 Å². The average Bonchev–Trinajstić information content (AvgIpc) is 2.47. The van der Waals surface area contributed by atoms with Crippen LogP contribution >= 0.6 is 12.2 Å². The van der Waals surface area contributed by atoms with E-state index in [1.807, 2.05) is 12.1 Å². The van der Waals surface area contributed by atoms with E-state index in [-0.39, 0.29) is 5.91 Å². The lowest BCUT2D eigenvalue weighted by Gasteiger charge is -1.94. The fraction of sp³-hybridized carbons (Fsp3) is 0. The Kier molecular flexibility index (Phi) is 2.24. The Morgan fingerprint density at radius 2 is 2.00 bits per heavy atom. The van der Waals surface area contributed by atoms with Crippen LogP contribution in [0.3, 0.4) is 0 Å². The molecule has 5 heteroatoms. The summed E-state index contributed by atoms with van der Waals surface area (Å²) in [5, 5.41) is 5.59. The fourth-order valence-corrected chi connectivity index (χ4v) is 1.31. The molecule has 1 aliphatic rings. The molecule has 4 nitrogen and oxygen atoms in total. The van der Waals surface area contributed by atoms with Crippen LogP contribution in [0.15, 0.2) is 30.2 Å². The first-order valence-electron chi connectivity index (χ1n) is 4.00. The van der Waals surface area contributed by atoms with Gasteiger partial charge in [-0.15, -0.1) is 0 Å². The molecule has 1 fully saturated rings. The molecule has 0 unspecified atom stereocenters. The number of amides is 1. The van der Waals surface area contributed by atoms with E-state index in [0.717, 1.165) is 5.56 Å². The third-order valence-corrected chi connectivity index (χ3v) is 1.94. The Morgan fingerprint density at radius 1 is 1.29 bits per heavy atom. The lowest BCUT2D eigenvalue weighted by atomic mass is 10.2. The zero-order valence-electron chi connectivity index (χ0n) is 7.15. The Balaban J connectivity index is 2.28. The highest BCUT2D eigenvalue weighted by molar-refractivity contribution is 7.80. The molecule has 2 N–H and O–H groups in total. The number of hydrogen-bond acceptors (Lipinski definition) is 3. The second kappa shape index (κ2) is 3.55. The van der Waals surface area contributed by atoms with Gasteiger partial charge in [-0.3, -0.25) is 15.1 Å². The molecule has 0 spiro atoms. The number of carbonyl (C=O) groups excluding carboxylic acids is 1. The van der Waals surface area contributed by atoms with Crippen LogP contribution in [0.25, 0.3) is 6.08 Å². The second-order valence-corrected chi connectivity index (χ2v) is 3.16. The van der Waals surface area contributed by atoms with Gasteiger partial charge in [-0.1, -0.05) is 0 Å². The second-order valence-electron chi connectivity index (χ2n) is 2.75. The van der Waals surface area contributed by atoms with Crippen molar-refractivity contribution in [3.05, 3.63) is 35.8 Å². The number of rotatable bonds is 1. The first-order chi connectivity index (χ1) is 6.75. The maximum atomic E-state index is 11.2. The van der Waals surface area contributed by atoms with Gasteiger partial charge in [0.15, 0.2) is 5.11 Å². The molecule has 0 atom stereocenters. The van der Waals surface area contributed by atoms with Gasteiger partial charge in [0.1, 0.15) is 5.70 Å². The molecule has 1 saturated heterocycles. The predicted octanol–water partition coefficient (Wildman–Crippen LogP) is 0.427. The van der Waals surface area contributed by atoms with E-state index in [9.17, 15) is 4.79 Å². The van der Waals surface area contributed by atoms with Gasteiger partial charge in [0.05, 0.1) is 0 Å². The topological polar surface area (TPSA) is 54.0 Å². The van der Waals surface area contributed by atoms with Gasteiger partial charge in [0.25, 0.3) is 5.91 Å². The molecule has 1 amide bonds. The molecule has 0 radical (unpaired) electrons.